The quantitative estimate of drug-likeness (QED) is 0.0239. The number of carbonyl (C=O) groups is 18. The zero-order valence-electron chi connectivity index (χ0n) is 78.0. The minimum atomic E-state index is -1.84. The molecule has 6 aromatic rings. The second-order valence-corrected chi connectivity index (χ2v) is 36.2. The van der Waals surface area contributed by atoms with Gasteiger partial charge in [0.05, 0.1) is 31.1 Å². The molecule has 3 saturated heterocycles. The number of aliphatic hydroxyl groups is 1. The van der Waals surface area contributed by atoms with Crippen molar-refractivity contribution >= 4 is 140 Å². The highest BCUT2D eigenvalue weighted by atomic mass is 32.2. The number of hydrogen-bond acceptors (Lipinski definition) is 24. The van der Waals surface area contributed by atoms with Crippen LogP contribution in [0.2, 0.25) is 0 Å². The molecular weight excluding hydrogens is 1800 g/mol. The molecule has 0 radical (unpaired) electrons. The smallest absolute Gasteiger partial charge is 0.303 e. The maximum Gasteiger partial charge on any atom is 0.303 e. The van der Waals surface area contributed by atoms with Crippen LogP contribution in [-0.4, -0.2) is 322 Å². The summed E-state index contributed by atoms with van der Waals surface area (Å²) in [5, 5.41) is 59.7. The van der Waals surface area contributed by atoms with Crippen molar-refractivity contribution in [1.29, 1.82) is 0 Å². The van der Waals surface area contributed by atoms with Crippen LogP contribution < -0.4 is 76.1 Å². The number of para-hydroxylation sites is 2. The maximum atomic E-state index is 15.8. The molecule has 3 aromatic carbocycles. The fraction of sp³-hybridized carbons (Fsp3) is 0.533. The van der Waals surface area contributed by atoms with E-state index in [1.54, 1.807) is 74.8 Å². The number of aromatic hydroxyl groups is 1. The minimum absolute atomic E-state index is 0.0182. The number of carbonyl (C=O) groups excluding carboxylic acids is 17. The number of nitrogens with one attached hydrogen (secondary N) is 13. The summed E-state index contributed by atoms with van der Waals surface area (Å²) in [4.78, 5) is 283. The van der Waals surface area contributed by atoms with Gasteiger partial charge in [-0.05, 0) is 105 Å². The lowest BCUT2D eigenvalue weighted by Gasteiger charge is -2.36. The first kappa shape index (κ1) is 107. The van der Waals surface area contributed by atoms with E-state index in [1.807, 2.05) is 13.8 Å². The first-order valence-electron chi connectivity index (χ1n) is 46.1. The average molecular weight is 1930 g/mol. The van der Waals surface area contributed by atoms with E-state index in [2.05, 4.69) is 73.1 Å². The van der Waals surface area contributed by atoms with Gasteiger partial charge in [-0.15, -0.1) is 11.8 Å². The van der Waals surface area contributed by atoms with Gasteiger partial charge in [0.15, 0.2) is 0 Å². The van der Waals surface area contributed by atoms with Crippen molar-refractivity contribution in [2.45, 2.75) is 241 Å². The highest BCUT2D eigenvalue weighted by Gasteiger charge is 2.47. The molecule has 0 bridgehead atoms. The summed E-state index contributed by atoms with van der Waals surface area (Å²) in [6, 6.07) is -2.51. The largest absolute Gasteiger partial charge is 0.508 e. The number of unbranched alkanes of at least 4 members (excludes halogenated alkanes) is 2. The topological polar surface area (TPSA) is 669 Å². The number of likely N-dealkylation sites (N-methyl/N-ethyl adjacent to an activating group) is 2. The number of imidazole rings is 1. The summed E-state index contributed by atoms with van der Waals surface area (Å²) >= 11 is 0.778. The van der Waals surface area contributed by atoms with Crippen LogP contribution in [0.4, 0.5) is 0 Å². The van der Waals surface area contributed by atoms with Gasteiger partial charge in [-0.25, -0.2) is 4.98 Å². The summed E-state index contributed by atoms with van der Waals surface area (Å²) in [7, 11) is 2.75. The molecule has 6 heterocycles. The van der Waals surface area contributed by atoms with Crippen molar-refractivity contribution < 1.29 is 102 Å². The number of phenolic OH excluding ortho intramolecular Hbond substituents is 1. The van der Waals surface area contributed by atoms with Crippen LogP contribution >= 0.6 is 11.8 Å². The van der Waals surface area contributed by atoms with Crippen LogP contribution in [0.3, 0.4) is 0 Å². The summed E-state index contributed by atoms with van der Waals surface area (Å²) in [6.45, 7) is 6.07. The molecule has 17 amide bonds. The summed E-state index contributed by atoms with van der Waals surface area (Å²) < 4.78 is 0. The third kappa shape index (κ3) is 30.0. The lowest BCUT2D eigenvalue weighted by Crippen LogP contribution is -2.61. The van der Waals surface area contributed by atoms with Gasteiger partial charge in [-0.2, -0.15) is 0 Å². The third-order valence-electron chi connectivity index (χ3n) is 24.4. The number of phenols is 1. The fourth-order valence-corrected chi connectivity index (χ4v) is 18.0. The number of fused-ring (bicyclic) bond motifs is 4. The van der Waals surface area contributed by atoms with E-state index in [0.717, 1.165) is 26.5 Å². The van der Waals surface area contributed by atoms with E-state index in [4.69, 9.17) is 22.9 Å². The van der Waals surface area contributed by atoms with Gasteiger partial charge in [-0.1, -0.05) is 102 Å². The normalized spacial score (nSPS) is 24.6. The molecule has 0 aliphatic carbocycles. The van der Waals surface area contributed by atoms with Gasteiger partial charge < -0.3 is 131 Å². The number of aliphatic hydroxyl groups excluding tert-OH is 1. The predicted molar refractivity (Wildman–Crippen MR) is 502 cm³/mol. The van der Waals surface area contributed by atoms with Gasteiger partial charge in [0.2, 0.25) is 100 Å². The van der Waals surface area contributed by atoms with Gasteiger partial charge >= 0.3 is 5.97 Å². The second-order valence-electron chi connectivity index (χ2n) is 35.2. The third-order valence-corrected chi connectivity index (χ3v) is 25.5. The lowest BCUT2D eigenvalue weighted by molar-refractivity contribution is -0.149. The molecule has 24 N–H and O–H groups in total. The first-order valence-corrected chi connectivity index (χ1v) is 47.2. The molecule has 0 spiro atoms. The molecule has 0 unspecified atom stereocenters. The molecule has 3 aromatic heterocycles. The number of aromatic amines is 3. The molecule has 137 heavy (non-hydrogen) atoms. The van der Waals surface area contributed by atoms with Crippen molar-refractivity contribution in [3.63, 3.8) is 0 Å². The standard InChI is InChI=1S/C92H129N23O21S/c1-8-10-21-71-85(129)105-64(35-50(3)4)82(126)110-70(80(124)100-45-76(96)119)47-137-48-77(120)102-67(36-52-24-26-56(116)27-25-52)90(134)113(34-32-94)51(5)79(123)108-69(41-75(95)118)91(135)114-33-16-23-72(114)86(130)107-66(39-55-44-97-49-101-55)84(128)104-63(28-29-78(121)122)89(133)115-46-57(117)40-74(115)87(131)106-65(37-53-42-98-60-19-14-12-17-58(53)60)83(127)103-62(30-31-93)81(125)109-68(38-54-43-99-61-20-15-13-18-59(54)61)88(132)112(7)73(22-11-9-2)92(136)111(71)6/h12-15,17-20,24-27,42-44,49-51,57,62-74,98-99,116-117H,8-11,16,21-23,28-41,45-48,93-94H2,1-7H3,(H2,95,118)(H2,96,119)(H,97,101)(H,100,124)(H,102,120)(H,103,127)(H,104,128)(H,105,129)(H,106,131)(H,107,130)(H,108,123)(H,109,125)(H,110,126)(H,121,122)/t51-,57+,62-,63-,64-,65-,66-,67-,68-,69-,70-,71-,72-,73-,74-/m0/s1. The Balaban J connectivity index is 1.12. The van der Waals surface area contributed by atoms with Crippen LogP contribution in [0.25, 0.3) is 21.8 Å². The number of benzene rings is 3. The number of carboxylic acid groups (broad SMARTS) is 1. The Labute approximate surface area is 795 Å². The average Bonchev–Trinajstić information content (AvgIpc) is 1.64. The Hall–Kier alpha value is -13.6. The Bertz CT molecular complexity index is 5270. The van der Waals surface area contributed by atoms with E-state index in [9.17, 15) is 53.7 Å². The van der Waals surface area contributed by atoms with E-state index < -0.39 is 254 Å². The number of aliphatic carboxylic acids is 1. The molecule has 9 rings (SSSR count). The zero-order chi connectivity index (χ0) is 100. The highest BCUT2D eigenvalue weighted by molar-refractivity contribution is 8.00. The highest BCUT2D eigenvalue weighted by Crippen LogP contribution is 2.28. The maximum absolute atomic E-state index is 15.8. The Morgan fingerprint density at radius 2 is 1.10 bits per heavy atom. The number of thioether (sulfide) groups is 1. The number of primary amides is 2. The summed E-state index contributed by atoms with van der Waals surface area (Å²) in [5.74, 6) is -19.2. The van der Waals surface area contributed by atoms with Gasteiger partial charge in [0.1, 0.15) is 90.3 Å². The molecule has 45 heteroatoms. The number of nitrogens with two attached hydrogens (primary N) is 4. The molecule has 3 aliphatic heterocycles. The van der Waals surface area contributed by atoms with Crippen molar-refractivity contribution in [2.24, 2.45) is 28.9 Å². The van der Waals surface area contributed by atoms with Crippen LogP contribution in [0.15, 0.2) is 97.7 Å². The van der Waals surface area contributed by atoms with Crippen LogP contribution in [0.1, 0.15) is 147 Å². The number of hydrogen-bond donors (Lipinski definition) is 20. The molecule has 744 valence electrons. The van der Waals surface area contributed by atoms with Gasteiger partial charge in [0, 0.05) is 131 Å². The number of amides is 17. The Morgan fingerprint density at radius 1 is 0.555 bits per heavy atom. The number of rotatable bonds is 28. The molecule has 0 saturated carbocycles. The SMILES string of the molecule is CCCC[C@H]1C(=O)N(C)[C@@H](CCCC)C(=O)N[C@@H](CC(C)C)C(=O)N[C@H](C(=O)NCC(N)=O)CSCC(=O)N[C@@H](Cc2ccc(O)cc2)C(=O)N(CCN)[C@@H](C)C(=O)N[C@@H](CC(N)=O)C(=O)N2CCC[C@H]2C(=O)N[C@@H](Cc2cnc[nH]2)C(=O)N[C@@H](CCC(=O)O)C(=O)N2C[C@H](O)C[C@H]2C(=O)N[C@@H](Cc2c[nH]c3ccccc23)C(=O)N[C@@H](CCN)C(=O)N[C@@H](Cc2c[nH]c3ccccc23)C(=O)N1C. The minimum Gasteiger partial charge on any atom is -0.508 e. The van der Waals surface area contributed by atoms with Crippen LogP contribution in [-0.2, 0) is 112 Å². The molecule has 15 atom stereocenters. The van der Waals surface area contributed by atoms with Crippen molar-refractivity contribution in [1.82, 2.24) is 97.6 Å². The van der Waals surface area contributed by atoms with Gasteiger partial charge in [-0.3, -0.25) is 86.3 Å². The van der Waals surface area contributed by atoms with E-state index in [0.29, 0.717) is 64.2 Å². The monoisotopic (exact) mass is 1920 g/mol. The number of carboxylic acids is 1. The van der Waals surface area contributed by atoms with Crippen LogP contribution in [0, 0.1) is 5.92 Å². The van der Waals surface area contributed by atoms with E-state index in [-0.39, 0.29) is 101 Å². The van der Waals surface area contributed by atoms with Crippen LogP contribution in [0.5, 0.6) is 5.75 Å². The molecule has 44 nitrogen and oxygen atoms in total. The number of H-pyrrole nitrogens is 3. The molecular formula is C92H129N23O21S. The van der Waals surface area contributed by atoms with Crippen molar-refractivity contribution in [3.05, 3.63) is 120 Å². The fourth-order valence-electron chi connectivity index (χ4n) is 17.1. The van der Waals surface area contributed by atoms with E-state index in [1.165, 1.54) is 67.6 Å². The zero-order valence-corrected chi connectivity index (χ0v) is 78.8. The van der Waals surface area contributed by atoms with E-state index >= 15 is 47.9 Å². The second kappa shape index (κ2) is 51.4. The molecule has 3 aliphatic rings. The van der Waals surface area contributed by atoms with Crippen molar-refractivity contribution in [2.75, 3.05) is 64.9 Å². The number of nitrogens with zero attached hydrogens (tertiary/aromatic N) is 6. The lowest BCUT2D eigenvalue weighted by atomic mass is 9.99. The Morgan fingerprint density at radius 3 is 1.69 bits per heavy atom. The summed E-state index contributed by atoms with van der Waals surface area (Å²) in [6.07, 6.45) is 1.79. The van der Waals surface area contributed by atoms with Crippen molar-refractivity contribution in [3.8, 4) is 5.75 Å². The molecule has 3 fully saturated rings. The predicted octanol–water partition coefficient (Wildman–Crippen LogP) is -2.64. The summed E-state index contributed by atoms with van der Waals surface area (Å²) in [5.41, 5.74) is 26.5. The first-order chi connectivity index (χ1) is 65.3. The van der Waals surface area contributed by atoms with Gasteiger partial charge in [0.25, 0.3) is 0 Å². The number of aromatic nitrogens is 4. The Kier molecular flexibility index (Phi) is 40.2.